The van der Waals surface area contributed by atoms with Crippen LogP contribution in [0, 0.1) is 18.6 Å². The first kappa shape index (κ1) is 24.2. The van der Waals surface area contributed by atoms with Gasteiger partial charge in [-0.05, 0) is 61.4 Å². The number of amides is 2. The lowest BCUT2D eigenvalue weighted by atomic mass is 9.99. The quantitative estimate of drug-likeness (QED) is 0.315. The van der Waals surface area contributed by atoms with E-state index in [1.54, 1.807) is 36.9 Å². The topological polar surface area (TPSA) is 88.1 Å². The van der Waals surface area contributed by atoms with Gasteiger partial charge < -0.3 is 20.5 Å². The molecule has 2 aromatic heterocycles. The van der Waals surface area contributed by atoms with Crippen molar-refractivity contribution in [3.8, 4) is 11.1 Å². The van der Waals surface area contributed by atoms with Crippen LogP contribution in [0.3, 0.4) is 0 Å². The summed E-state index contributed by atoms with van der Waals surface area (Å²) in [6, 6.07) is 8.88. The van der Waals surface area contributed by atoms with E-state index in [9.17, 15) is 18.4 Å². The molecular formula is C25H22ClF2N5O2. The number of rotatable bonds is 5. The Labute approximate surface area is 204 Å². The van der Waals surface area contributed by atoms with Crippen LogP contribution in [0.15, 0.2) is 53.5 Å². The molecule has 0 unspecified atom stereocenters. The highest BCUT2D eigenvalue weighted by Crippen LogP contribution is 2.29. The number of urea groups is 1. The summed E-state index contributed by atoms with van der Waals surface area (Å²) in [4.78, 5) is 30.2. The fraction of sp³-hybridized carbons (Fsp3) is 0.160. The van der Waals surface area contributed by atoms with Crippen molar-refractivity contribution < 1.29 is 13.6 Å². The van der Waals surface area contributed by atoms with Gasteiger partial charge in [0.05, 0.1) is 11.2 Å². The summed E-state index contributed by atoms with van der Waals surface area (Å²) in [5.74, 6) is -0.686. The van der Waals surface area contributed by atoms with E-state index in [4.69, 9.17) is 11.6 Å². The largest absolute Gasteiger partial charge is 0.373 e. The maximum Gasteiger partial charge on any atom is 0.323 e. The SMILES string of the molecule is CCn1c(=O)c(-c2cc(NC(=O)Nc3cc(F)cc(Cl)c3)c(F)cc2C)cc2cnc(NC)cc21. The van der Waals surface area contributed by atoms with E-state index in [1.165, 1.54) is 18.2 Å². The summed E-state index contributed by atoms with van der Waals surface area (Å²) < 4.78 is 29.9. The van der Waals surface area contributed by atoms with Gasteiger partial charge in [-0.25, -0.2) is 18.6 Å². The van der Waals surface area contributed by atoms with E-state index in [0.717, 1.165) is 17.5 Å². The molecule has 10 heteroatoms. The number of anilines is 3. The van der Waals surface area contributed by atoms with Crippen molar-refractivity contribution in [2.45, 2.75) is 20.4 Å². The van der Waals surface area contributed by atoms with Crippen LogP contribution < -0.4 is 21.5 Å². The molecule has 0 aliphatic heterocycles. The van der Waals surface area contributed by atoms with Crippen molar-refractivity contribution in [3.63, 3.8) is 0 Å². The minimum Gasteiger partial charge on any atom is -0.373 e. The van der Waals surface area contributed by atoms with Crippen molar-refractivity contribution in [3.05, 3.63) is 81.2 Å². The van der Waals surface area contributed by atoms with Crippen molar-refractivity contribution in [1.29, 1.82) is 0 Å². The van der Waals surface area contributed by atoms with Gasteiger partial charge in [0.15, 0.2) is 0 Å². The zero-order valence-corrected chi connectivity index (χ0v) is 19.9. The van der Waals surface area contributed by atoms with E-state index in [0.29, 0.717) is 34.6 Å². The Morgan fingerprint density at radius 3 is 2.51 bits per heavy atom. The van der Waals surface area contributed by atoms with Crippen molar-refractivity contribution >= 4 is 45.7 Å². The van der Waals surface area contributed by atoms with Crippen LogP contribution in [0.5, 0.6) is 0 Å². The van der Waals surface area contributed by atoms with E-state index in [1.807, 2.05) is 6.92 Å². The van der Waals surface area contributed by atoms with E-state index in [-0.39, 0.29) is 22.0 Å². The summed E-state index contributed by atoms with van der Waals surface area (Å²) in [5.41, 5.74) is 1.74. The number of nitrogens with one attached hydrogen (secondary N) is 3. The monoisotopic (exact) mass is 497 g/mol. The van der Waals surface area contributed by atoms with Crippen LogP contribution in [-0.4, -0.2) is 22.6 Å². The van der Waals surface area contributed by atoms with E-state index < -0.39 is 17.7 Å². The molecule has 0 radical (unpaired) electrons. The van der Waals surface area contributed by atoms with Crippen molar-refractivity contribution in [1.82, 2.24) is 9.55 Å². The Bertz CT molecular complexity index is 1500. The molecule has 2 amide bonds. The second-order valence-electron chi connectivity index (χ2n) is 7.87. The second-order valence-corrected chi connectivity index (χ2v) is 8.31. The third-order valence-electron chi connectivity index (χ3n) is 5.52. The van der Waals surface area contributed by atoms with Gasteiger partial charge in [-0.15, -0.1) is 0 Å². The Kier molecular flexibility index (Phi) is 6.70. The average molecular weight is 498 g/mol. The molecule has 2 heterocycles. The number of nitrogens with zero attached hydrogens (tertiary/aromatic N) is 2. The third kappa shape index (κ3) is 4.95. The number of carbonyl (C=O) groups excluding carboxylic acids is 1. The minimum absolute atomic E-state index is 0.101. The summed E-state index contributed by atoms with van der Waals surface area (Å²) >= 11 is 5.81. The first-order valence-electron chi connectivity index (χ1n) is 10.8. The standard InChI is InChI=1S/C25H22ClF2N5O2/c1-4-33-22-11-23(29-3)30-12-14(22)6-19(24(33)34)18-10-21(20(28)5-13(18)2)32-25(35)31-17-8-15(26)7-16(27)9-17/h5-12H,4H2,1-3H3,(H,29,30)(H2,31,32,35). The highest BCUT2D eigenvalue weighted by Gasteiger charge is 2.17. The fourth-order valence-corrected chi connectivity index (χ4v) is 4.11. The molecule has 180 valence electrons. The normalized spacial score (nSPS) is 10.9. The smallest absolute Gasteiger partial charge is 0.323 e. The van der Waals surface area contributed by atoms with Crippen LogP contribution in [0.4, 0.5) is 30.8 Å². The summed E-state index contributed by atoms with van der Waals surface area (Å²) in [5, 5.41) is 8.63. The lowest BCUT2D eigenvalue weighted by Gasteiger charge is -2.15. The molecular weight excluding hydrogens is 476 g/mol. The number of hydrogen-bond donors (Lipinski definition) is 3. The number of hydrogen-bond acceptors (Lipinski definition) is 4. The Hall–Kier alpha value is -3.98. The summed E-state index contributed by atoms with van der Waals surface area (Å²) in [6.07, 6.45) is 1.66. The molecule has 0 atom stereocenters. The van der Waals surface area contributed by atoms with Gasteiger partial charge in [0, 0.05) is 47.5 Å². The van der Waals surface area contributed by atoms with Gasteiger partial charge in [0.25, 0.3) is 5.56 Å². The maximum absolute atomic E-state index is 14.7. The average Bonchev–Trinajstić information content (AvgIpc) is 2.79. The van der Waals surface area contributed by atoms with Crippen LogP contribution >= 0.6 is 11.6 Å². The first-order valence-corrected chi connectivity index (χ1v) is 11.1. The number of halogens is 3. The van der Waals surface area contributed by atoms with Crippen molar-refractivity contribution in [2.75, 3.05) is 23.0 Å². The number of aryl methyl sites for hydroxylation is 2. The number of aromatic nitrogens is 2. The third-order valence-corrected chi connectivity index (χ3v) is 5.74. The molecule has 3 N–H and O–H groups in total. The number of benzene rings is 2. The molecule has 0 aliphatic rings. The van der Waals surface area contributed by atoms with Crippen LogP contribution in [0.1, 0.15) is 12.5 Å². The molecule has 35 heavy (non-hydrogen) atoms. The summed E-state index contributed by atoms with van der Waals surface area (Å²) in [7, 11) is 1.74. The van der Waals surface area contributed by atoms with Gasteiger partial charge in [-0.3, -0.25) is 4.79 Å². The van der Waals surface area contributed by atoms with Gasteiger partial charge in [-0.2, -0.15) is 0 Å². The predicted molar refractivity (Wildman–Crippen MR) is 135 cm³/mol. The van der Waals surface area contributed by atoms with Crippen LogP contribution in [0.25, 0.3) is 22.0 Å². The summed E-state index contributed by atoms with van der Waals surface area (Å²) in [6.45, 7) is 3.96. The van der Waals surface area contributed by atoms with E-state index >= 15 is 0 Å². The van der Waals surface area contributed by atoms with Gasteiger partial charge >= 0.3 is 6.03 Å². The molecule has 7 nitrogen and oxygen atoms in total. The van der Waals surface area contributed by atoms with Gasteiger partial charge in [0.2, 0.25) is 0 Å². The van der Waals surface area contributed by atoms with Crippen LogP contribution in [-0.2, 0) is 6.54 Å². The minimum atomic E-state index is -0.798. The highest BCUT2D eigenvalue weighted by molar-refractivity contribution is 6.31. The van der Waals surface area contributed by atoms with Crippen molar-refractivity contribution in [2.24, 2.45) is 0 Å². The molecule has 4 aromatic rings. The second kappa shape index (κ2) is 9.71. The molecule has 0 fully saturated rings. The highest BCUT2D eigenvalue weighted by atomic mass is 35.5. The zero-order valence-electron chi connectivity index (χ0n) is 19.2. The Balaban J connectivity index is 1.74. The lowest BCUT2D eigenvalue weighted by Crippen LogP contribution is -2.22. The molecule has 0 saturated carbocycles. The Morgan fingerprint density at radius 1 is 1.06 bits per heavy atom. The van der Waals surface area contributed by atoms with Gasteiger partial charge in [-0.1, -0.05) is 11.6 Å². The molecule has 0 saturated heterocycles. The molecule has 0 spiro atoms. The molecule has 2 aromatic carbocycles. The fourth-order valence-electron chi connectivity index (χ4n) is 3.89. The predicted octanol–water partition coefficient (Wildman–Crippen LogP) is 6.01. The van der Waals surface area contributed by atoms with Crippen LogP contribution in [0.2, 0.25) is 5.02 Å². The maximum atomic E-state index is 14.7. The number of fused-ring (bicyclic) bond motifs is 1. The van der Waals surface area contributed by atoms with Gasteiger partial charge in [0.1, 0.15) is 17.5 Å². The molecule has 0 bridgehead atoms. The zero-order chi connectivity index (χ0) is 25.3. The number of carbonyl (C=O) groups is 1. The number of pyridine rings is 2. The molecule has 0 aliphatic carbocycles. The molecule has 4 rings (SSSR count). The Morgan fingerprint density at radius 2 is 1.83 bits per heavy atom. The first-order chi connectivity index (χ1) is 16.7. The van der Waals surface area contributed by atoms with E-state index in [2.05, 4.69) is 20.9 Å². The lowest BCUT2D eigenvalue weighted by molar-refractivity contribution is 0.262.